The molecule has 0 saturated carbocycles. The van der Waals surface area contributed by atoms with Gasteiger partial charge in [0.25, 0.3) is 23.6 Å². The fourth-order valence-corrected chi connectivity index (χ4v) is 6.18. The highest BCUT2D eigenvalue weighted by Crippen LogP contribution is 2.37. The normalized spacial score (nSPS) is 13.7. The zero-order valence-electron chi connectivity index (χ0n) is 30.5. The number of imide groups is 2. The van der Waals surface area contributed by atoms with Gasteiger partial charge in [-0.3, -0.25) is 24.1 Å². The Morgan fingerprint density at radius 3 is 1.33 bits per heavy atom. The van der Waals surface area contributed by atoms with E-state index in [1.54, 1.807) is 60.7 Å². The third-order valence-electron chi connectivity index (χ3n) is 8.90. The number of para-hydroxylation sites is 1. The molecule has 2 aliphatic heterocycles. The maximum atomic E-state index is 13.1. The summed E-state index contributed by atoms with van der Waals surface area (Å²) >= 11 is 0. The van der Waals surface area contributed by atoms with Crippen molar-refractivity contribution in [2.75, 3.05) is 4.90 Å². The van der Waals surface area contributed by atoms with Gasteiger partial charge in [-0.15, -0.1) is 0 Å². The predicted octanol–water partition coefficient (Wildman–Crippen LogP) is 10.1. The monoisotopic (exact) mass is 694 g/mol. The first-order valence-electron chi connectivity index (χ1n) is 17.4. The van der Waals surface area contributed by atoms with Crippen molar-refractivity contribution in [3.63, 3.8) is 0 Å². The summed E-state index contributed by atoms with van der Waals surface area (Å²) < 4.78 is 12.1. The first-order chi connectivity index (χ1) is 24.8. The van der Waals surface area contributed by atoms with Crippen molar-refractivity contribution in [1.29, 1.82) is 0 Å². The van der Waals surface area contributed by atoms with Gasteiger partial charge < -0.3 is 9.47 Å². The molecule has 8 heteroatoms. The number of hydrogen-bond acceptors (Lipinski definition) is 6. The molecule has 0 aliphatic carbocycles. The van der Waals surface area contributed by atoms with Crippen LogP contribution in [0.2, 0.25) is 0 Å². The molecule has 0 fully saturated rings. The van der Waals surface area contributed by atoms with E-state index in [0.29, 0.717) is 50.9 Å². The number of anilines is 1. The molecule has 7 rings (SSSR count). The van der Waals surface area contributed by atoms with Crippen molar-refractivity contribution in [1.82, 2.24) is 4.90 Å². The summed E-state index contributed by atoms with van der Waals surface area (Å²) in [5.41, 5.74) is 3.71. The highest BCUT2D eigenvalue weighted by atomic mass is 16.5. The molecule has 8 nitrogen and oxygen atoms in total. The highest BCUT2D eigenvalue weighted by molar-refractivity contribution is 6.34. The van der Waals surface area contributed by atoms with Crippen molar-refractivity contribution in [3.8, 4) is 23.0 Å². The summed E-state index contributed by atoms with van der Waals surface area (Å²) in [5, 5.41) is 0. The number of amides is 4. The molecule has 5 aromatic rings. The Morgan fingerprint density at radius 2 is 0.865 bits per heavy atom. The van der Waals surface area contributed by atoms with Crippen LogP contribution in [0, 0.1) is 5.92 Å². The van der Waals surface area contributed by atoms with Crippen LogP contribution in [0.1, 0.15) is 101 Å². The zero-order valence-corrected chi connectivity index (χ0v) is 30.5. The van der Waals surface area contributed by atoms with Gasteiger partial charge in [0.2, 0.25) is 0 Å². The lowest BCUT2D eigenvalue weighted by Gasteiger charge is -2.26. The highest BCUT2D eigenvalue weighted by Gasteiger charge is 2.38. The molecule has 264 valence electrons. The predicted molar refractivity (Wildman–Crippen MR) is 202 cm³/mol. The van der Waals surface area contributed by atoms with Gasteiger partial charge in [-0.1, -0.05) is 77.1 Å². The van der Waals surface area contributed by atoms with Crippen molar-refractivity contribution in [2.24, 2.45) is 5.92 Å². The summed E-state index contributed by atoms with van der Waals surface area (Å²) in [5.74, 6) is 1.67. The standard InChI is InChI=1S/C40H32N2O6.C4H10/c1-24(2)41-36(43)32-20-18-30(22-34(32)38(41)45)47-28-14-10-25(11-15-28)40(3,4)26-12-16-29(17-13-26)48-31-19-21-33-35(23-31)39(46)42(37(33)44)27-8-6-5-7-9-27;1-4(2)3/h5-24H,1-4H3;4H,1-3H3. The van der Waals surface area contributed by atoms with Crippen LogP contribution < -0.4 is 14.4 Å². The second kappa shape index (κ2) is 14.3. The summed E-state index contributed by atoms with van der Waals surface area (Å²) in [4.78, 5) is 53.9. The van der Waals surface area contributed by atoms with E-state index in [1.807, 2.05) is 68.4 Å². The maximum Gasteiger partial charge on any atom is 0.266 e. The maximum absolute atomic E-state index is 13.1. The number of benzene rings is 5. The van der Waals surface area contributed by atoms with E-state index in [2.05, 4.69) is 34.6 Å². The first kappa shape index (κ1) is 35.8. The number of rotatable bonds is 8. The minimum Gasteiger partial charge on any atom is -0.457 e. The van der Waals surface area contributed by atoms with Crippen LogP contribution in [0.4, 0.5) is 5.69 Å². The van der Waals surface area contributed by atoms with Crippen molar-refractivity contribution >= 4 is 29.3 Å². The number of nitrogens with zero attached hydrogens (tertiary/aromatic N) is 2. The van der Waals surface area contributed by atoms with Crippen LogP contribution in [-0.2, 0) is 5.41 Å². The summed E-state index contributed by atoms with van der Waals surface area (Å²) in [6, 6.07) is 34.1. The van der Waals surface area contributed by atoms with Crippen LogP contribution in [0.15, 0.2) is 115 Å². The van der Waals surface area contributed by atoms with E-state index in [-0.39, 0.29) is 35.1 Å². The zero-order chi connectivity index (χ0) is 37.3. The SMILES string of the molecule is CC(C)C.CC(C)N1C(=O)c2ccc(Oc3ccc(C(C)(C)c4ccc(Oc5ccc6c(c5)C(=O)N(c5ccccc5)C6=O)cc4)cc3)cc2C1=O. The van der Waals surface area contributed by atoms with Crippen LogP contribution in [-0.4, -0.2) is 34.6 Å². The molecule has 0 unspecified atom stereocenters. The largest absolute Gasteiger partial charge is 0.457 e. The van der Waals surface area contributed by atoms with Crippen molar-refractivity contribution in [3.05, 3.63) is 149 Å². The van der Waals surface area contributed by atoms with Gasteiger partial charge in [0.05, 0.1) is 27.9 Å². The average molecular weight is 695 g/mol. The Bertz CT molecular complexity index is 2150. The minimum absolute atomic E-state index is 0.224. The molecule has 2 heterocycles. The minimum atomic E-state index is -0.378. The number of hydrogen-bond donors (Lipinski definition) is 0. The van der Waals surface area contributed by atoms with E-state index < -0.39 is 0 Å². The van der Waals surface area contributed by atoms with Gasteiger partial charge >= 0.3 is 0 Å². The molecular weight excluding hydrogens is 652 g/mol. The van der Waals surface area contributed by atoms with E-state index in [4.69, 9.17) is 9.47 Å². The molecule has 0 saturated heterocycles. The second-order valence-corrected chi connectivity index (χ2v) is 14.4. The third kappa shape index (κ3) is 6.97. The van der Waals surface area contributed by atoms with Gasteiger partial charge in [0, 0.05) is 11.5 Å². The average Bonchev–Trinajstić information content (AvgIpc) is 3.52. The van der Waals surface area contributed by atoms with Crippen LogP contribution in [0.25, 0.3) is 0 Å². The molecule has 0 atom stereocenters. The number of carbonyl (C=O) groups is 4. The smallest absolute Gasteiger partial charge is 0.266 e. The molecular formula is C44H42N2O6. The number of fused-ring (bicyclic) bond motifs is 2. The van der Waals surface area contributed by atoms with Crippen molar-refractivity contribution < 1.29 is 28.7 Å². The lowest BCUT2D eigenvalue weighted by molar-refractivity contribution is 0.0608. The Kier molecular flexibility index (Phi) is 9.85. The third-order valence-corrected chi connectivity index (χ3v) is 8.90. The summed E-state index contributed by atoms with van der Waals surface area (Å²) in [6.45, 7) is 14.4. The lowest BCUT2D eigenvalue weighted by atomic mass is 9.78. The van der Waals surface area contributed by atoms with Gasteiger partial charge in [-0.05, 0) is 104 Å². The Morgan fingerprint density at radius 1 is 0.481 bits per heavy atom. The topological polar surface area (TPSA) is 93.2 Å². The molecule has 0 aromatic heterocycles. The fraction of sp³-hybridized carbons (Fsp3) is 0.227. The molecule has 2 aliphatic rings. The molecule has 0 radical (unpaired) electrons. The van der Waals surface area contributed by atoms with E-state index in [1.165, 1.54) is 9.80 Å². The van der Waals surface area contributed by atoms with Gasteiger partial charge in [-0.2, -0.15) is 0 Å². The number of carbonyl (C=O) groups excluding carboxylic acids is 4. The van der Waals surface area contributed by atoms with Gasteiger partial charge in [0.1, 0.15) is 23.0 Å². The first-order valence-corrected chi connectivity index (χ1v) is 17.4. The number of ether oxygens (including phenoxy) is 2. The Balaban J connectivity index is 0.00000110. The van der Waals surface area contributed by atoms with E-state index >= 15 is 0 Å². The Hall–Kier alpha value is -6.02. The second-order valence-electron chi connectivity index (χ2n) is 14.4. The molecule has 52 heavy (non-hydrogen) atoms. The van der Waals surface area contributed by atoms with E-state index in [0.717, 1.165) is 17.0 Å². The Labute approximate surface area is 304 Å². The molecule has 0 N–H and O–H groups in total. The molecule has 0 spiro atoms. The van der Waals surface area contributed by atoms with E-state index in [9.17, 15) is 19.2 Å². The van der Waals surface area contributed by atoms with Gasteiger partial charge in [-0.25, -0.2) is 4.90 Å². The summed E-state index contributed by atoms with van der Waals surface area (Å²) in [6.07, 6.45) is 0. The van der Waals surface area contributed by atoms with Gasteiger partial charge in [0.15, 0.2) is 0 Å². The van der Waals surface area contributed by atoms with Crippen LogP contribution in [0.3, 0.4) is 0 Å². The molecule has 0 bridgehead atoms. The quantitative estimate of drug-likeness (QED) is 0.150. The molecule has 4 amide bonds. The van der Waals surface area contributed by atoms with Crippen LogP contribution in [0.5, 0.6) is 23.0 Å². The molecule has 5 aromatic carbocycles. The van der Waals surface area contributed by atoms with Crippen molar-refractivity contribution in [2.45, 2.75) is 59.9 Å². The lowest BCUT2D eigenvalue weighted by Crippen LogP contribution is -2.35. The fourth-order valence-electron chi connectivity index (χ4n) is 6.18. The van der Waals surface area contributed by atoms with Crippen LogP contribution >= 0.6 is 0 Å². The summed E-state index contributed by atoms with van der Waals surface area (Å²) in [7, 11) is 0.